The second-order valence-corrected chi connectivity index (χ2v) is 6.82. The lowest BCUT2D eigenvalue weighted by molar-refractivity contribution is 0.960. The molecule has 1 heterocycles. The standard InChI is InChI=1S/C21H20N2/c1-2-5-17(6-3-1)21-22-13-14-23(21)20-18(15-9-10-15)7-4-8-19(20)16-11-12-16/h1-8,13-16H,9-12H2. The van der Waals surface area contributed by atoms with E-state index >= 15 is 0 Å². The van der Waals surface area contributed by atoms with Crippen molar-refractivity contribution in [3.05, 3.63) is 72.1 Å². The fraction of sp³-hybridized carbons (Fsp3) is 0.286. The minimum Gasteiger partial charge on any atom is -0.299 e. The Balaban J connectivity index is 1.72. The highest BCUT2D eigenvalue weighted by atomic mass is 15.1. The molecule has 0 spiro atoms. The molecule has 2 heteroatoms. The summed E-state index contributed by atoms with van der Waals surface area (Å²) in [5.74, 6) is 2.55. The van der Waals surface area contributed by atoms with Gasteiger partial charge >= 0.3 is 0 Å². The number of para-hydroxylation sites is 1. The second-order valence-electron chi connectivity index (χ2n) is 6.82. The van der Waals surface area contributed by atoms with Crippen molar-refractivity contribution in [3.63, 3.8) is 0 Å². The van der Waals surface area contributed by atoms with Gasteiger partial charge in [-0.1, -0.05) is 48.5 Å². The van der Waals surface area contributed by atoms with Gasteiger partial charge in [-0.2, -0.15) is 0 Å². The molecule has 0 atom stereocenters. The summed E-state index contributed by atoms with van der Waals surface area (Å²) in [6.45, 7) is 0. The number of hydrogen-bond donors (Lipinski definition) is 0. The molecule has 2 fully saturated rings. The molecule has 0 amide bonds. The first-order valence-electron chi connectivity index (χ1n) is 8.64. The number of rotatable bonds is 4. The average molecular weight is 300 g/mol. The normalized spacial score (nSPS) is 17.4. The van der Waals surface area contributed by atoms with E-state index in [1.54, 1.807) is 0 Å². The van der Waals surface area contributed by atoms with Crippen molar-refractivity contribution < 1.29 is 0 Å². The first kappa shape index (κ1) is 13.1. The Morgan fingerprint density at radius 1 is 0.783 bits per heavy atom. The first-order valence-corrected chi connectivity index (χ1v) is 8.64. The van der Waals surface area contributed by atoms with Crippen LogP contribution in [0.5, 0.6) is 0 Å². The van der Waals surface area contributed by atoms with Crippen LogP contribution in [0.3, 0.4) is 0 Å². The first-order chi connectivity index (χ1) is 11.4. The van der Waals surface area contributed by atoms with Crippen molar-refractivity contribution in [1.82, 2.24) is 9.55 Å². The monoisotopic (exact) mass is 300 g/mol. The van der Waals surface area contributed by atoms with E-state index in [0.29, 0.717) is 0 Å². The van der Waals surface area contributed by atoms with E-state index in [-0.39, 0.29) is 0 Å². The molecule has 2 saturated carbocycles. The Hall–Kier alpha value is -2.35. The summed E-state index contributed by atoms with van der Waals surface area (Å²) in [7, 11) is 0. The molecule has 2 aromatic carbocycles. The highest BCUT2D eigenvalue weighted by Crippen LogP contribution is 2.49. The van der Waals surface area contributed by atoms with Gasteiger partial charge < -0.3 is 0 Å². The quantitative estimate of drug-likeness (QED) is 0.640. The zero-order valence-corrected chi connectivity index (χ0v) is 13.2. The predicted molar refractivity (Wildman–Crippen MR) is 93.0 cm³/mol. The van der Waals surface area contributed by atoms with Crippen molar-refractivity contribution in [3.8, 4) is 17.1 Å². The van der Waals surface area contributed by atoms with Gasteiger partial charge in [0.1, 0.15) is 5.82 Å². The summed E-state index contributed by atoms with van der Waals surface area (Å²) in [5.41, 5.74) is 5.63. The van der Waals surface area contributed by atoms with Gasteiger partial charge in [0.25, 0.3) is 0 Å². The Morgan fingerprint density at radius 2 is 1.43 bits per heavy atom. The topological polar surface area (TPSA) is 17.8 Å². The van der Waals surface area contributed by atoms with Gasteiger partial charge in [0.05, 0.1) is 5.69 Å². The minimum atomic E-state index is 0.745. The largest absolute Gasteiger partial charge is 0.299 e. The van der Waals surface area contributed by atoms with Crippen LogP contribution in [-0.2, 0) is 0 Å². The van der Waals surface area contributed by atoms with Gasteiger partial charge in [0.15, 0.2) is 0 Å². The van der Waals surface area contributed by atoms with E-state index in [1.807, 2.05) is 6.20 Å². The van der Waals surface area contributed by atoms with Crippen molar-refractivity contribution in [2.45, 2.75) is 37.5 Å². The summed E-state index contributed by atoms with van der Waals surface area (Å²) >= 11 is 0. The SMILES string of the molecule is c1ccc(-c2nccn2-c2c(C3CC3)cccc2C2CC2)cc1. The zero-order valence-electron chi connectivity index (χ0n) is 13.2. The lowest BCUT2D eigenvalue weighted by Gasteiger charge is -2.17. The van der Waals surface area contributed by atoms with Crippen molar-refractivity contribution in [2.75, 3.05) is 0 Å². The molecule has 0 radical (unpaired) electrons. The van der Waals surface area contributed by atoms with Crippen LogP contribution >= 0.6 is 0 Å². The van der Waals surface area contributed by atoms with Crippen LogP contribution in [0.15, 0.2) is 60.9 Å². The number of aromatic nitrogens is 2. The van der Waals surface area contributed by atoms with Gasteiger partial charge in [-0.3, -0.25) is 4.57 Å². The molecule has 2 aliphatic rings. The van der Waals surface area contributed by atoms with Crippen LogP contribution in [-0.4, -0.2) is 9.55 Å². The summed E-state index contributed by atoms with van der Waals surface area (Å²) in [6, 6.07) is 17.4. The van der Waals surface area contributed by atoms with E-state index < -0.39 is 0 Å². The molecule has 5 rings (SSSR count). The molecule has 1 aromatic heterocycles. The summed E-state index contributed by atoms with van der Waals surface area (Å²) in [4.78, 5) is 4.67. The van der Waals surface area contributed by atoms with Crippen molar-refractivity contribution in [1.29, 1.82) is 0 Å². The van der Waals surface area contributed by atoms with E-state index in [0.717, 1.165) is 17.7 Å². The summed E-state index contributed by atoms with van der Waals surface area (Å²) < 4.78 is 2.33. The number of nitrogens with zero attached hydrogens (tertiary/aromatic N) is 2. The molecule has 0 saturated heterocycles. The summed E-state index contributed by atoms with van der Waals surface area (Å²) in [6.07, 6.45) is 9.39. The fourth-order valence-corrected chi connectivity index (χ4v) is 3.59. The minimum absolute atomic E-state index is 0.745. The maximum absolute atomic E-state index is 4.67. The third-order valence-electron chi connectivity index (χ3n) is 5.05. The molecule has 3 aromatic rings. The highest BCUT2D eigenvalue weighted by Gasteiger charge is 2.33. The molecule has 0 N–H and O–H groups in total. The van der Waals surface area contributed by atoms with Gasteiger partial charge in [0.2, 0.25) is 0 Å². The molecular weight excluding hydrogens is 280 g/mol. The van der Waals surface area contributed by atoms with E-state index in [4.69, 9.17) is 0 Å². The predicted octanol–water partition coefficient (Wildman–Crippen LogP) is 5.29. The lowest BCUT2D eigenvalue weighted by Crippen LogP contribution is -2.04. The van der Waals surface area contributed by atoms with Crippen LogP contribution in [0.2, 0.25) is 0 Å². The van der Waals surface area contributed by atoms with Crippen LogP contribution < -0.4 is 0 Å². The van der Waals surface area contributed by atoms with Crippen LogP contribution in [0, 0.1) is 0 Å². The Bertz CT molecular complexity index is 809. The molecule has 0 unspecified atom stereocenters. The van der Waals surface area contributed by atoms with Gasteiger partial charge in [0, 0.05) is 18.0 Å². The third-order valence-corrected chi connectivity index (χ3v) is 5.05. The maximum atomic E-state index is 4.67. The number of hydrogen-bond acceptors (Lipinski definition) is 1. The fourth-order valence-electron chi connectivity index (χ4n) is 3.59. The third kappa shape index (κ3) is 2.29. The summed E-state index contributed by atoms with van der Waals surface area (Å²) in [5, 5.41) is 0. The molecule has 23 heavy (non-hydrogen) atoms. The molecule has 114 valence electrons. The number of imidazole rings is 1. The van der Waals surface area contributed by atoms with Gasteiger partial charge in [-0.25, -0.2) is 4.98 Å². The van der Waals surface area contributed by atoms with E-state index in [9.17, 15) is 0 Å². The highest BCUT2D eigenvalue weighted by molar-refractivity contribution is 5.63. The molecule has 2 aliphatic carbocycles. The van der Waals surface area contributed by atoms with Crippen molar-refractivity contribution in [2.24, 2.45) is 0 Å². The van der Waals surface area contributed by atoms with Gasteiger partial charge in [-0.05, 0) is 48.6 Å². The molecule has 2 nitrogen and oxygen atoms in total. The Labute approximate surface area is 136 Å². The molecule has 0 aliphatic heterocycles. The molecular formula is C21H20N2. The van der Waals surface area contributed by atoms with Crippen molar-refractivity contribution >= 4 is 0 Å². The van der Waals surface area contributed by atoms with Crippen LogP contribution in [0.1, 0.15) is 48.6 Å². The molecule has 0 bridgehead atoms. The average Bonchev–Trinajstić information content (AvgIpc) is 3.52. The zero-order chi connectivity index (χ0) is 15.2. The Morgan fingerprint density at radius 3 is 2.04 bits per heavy atom. The van der Waals surface area contributed by atoms with Gasteiger partial charge in [-0.15, -0.1) is 0 Å². The van der Waals surface area contributed by atoms with Crippen LogP contribution in [0.4, 0.5) is 0 Å². The smallest absolute Gasteiger partial charge is 0.144 e. The van der Waals surface area contributed by atoms with E-state index in [2.05, 4.69) is 64.3 Å². The number of benzene rings is 2. The maximum Gasteiger partial charge on any atom is 0.144 e. The second kappa shape index (κ2) is 5.09. The Kier molecular flexibility index (Phi) is 2.90. The lowest BCUT2D eigenvalue weighted by atomic mass is 9.99. The van der Waals surface area contributed by atoms with E-state index in [1.165, 1.54) is 48.1 Å². The van der Waals surface area contributed by atoms with Crippen LogP contribution in [0.25, 0.3) is 17.1 Å².